The largest absolute Gasteiger partial charge is 0.469 e. The van der Waals surface area contributed by atoms with Gasteiger partial charge in [0.15, 0.2) is 0 Å². The lowest BCUT2D eigenvalue weighted by atomic mass is 9.77. The van der Waals surface area contributed by atoms with Crippen molar-refractivity contribution >= 4 is 23.7 Å². The Morgan fingerprint density at radius 2 is 1.71 bits per heavy atom. The van der Waals surface area contributed by atoms with Crippen molar-refractivity contribution in [3.05, 3.63) is 35.9 Å². The predicted molar refractivity (Wildman–Crippen MR) is 124 cm³/mol. The lowest BCUT2D eigenvalue weighted by Crippen LogP contribution is -2.59. The van der Waals surface area contributed by atoms with E-state index in [1.807, 2.05) is 30.3 Å². The lowest BCUT2D eigenvalue weighted by Gasteiger charge is -2.45. The van der Waals surface area contributed by atoms with Crippen LogP contribution in [0.15, 0.2) is 30.3 Å². The summed E-state index contributed by atoms with van der Waals surface area (Å²) in [7, 11) is 2.85. The quantitative estimate of drug-likeness (QED) is 0.397. The van der Waals surface area contributed by atoms with Crippen molar-refractivity contribution in [1.29, 1.82) is 0 Å². The summed E-state index contributed by atoms with van der Waals surface area (Å²) in [5, 5.41) is 1.32. The number of carbonyl (C=O) groups excluding carboxylic acids is 4. The van der Waals surface area contributed by atoms with Crippen molar-refractivity contribution in [1.82, 2.24) is 14.9 Å². The van der Waals surface area contributed by atoms with Gasteiger partial charge >= 0.3 is 5.97 Å². The number of piperidine rings is 1. The van der Waals surface area contributed by atoms with Crippen LogP contribution >= 0.6 is 0 Å². The fraction of sp³-hybridized carbons (Fsp3) is 0.600. The van der Waals surface area contributed by atoms with E-state index >= 15 is 0 Å². The second-order valence-corrected chi connectivity index (χ2v) is 9.36. The first-order valence-electron chi connectivity index (χ1n) is 12.0. The fourth-order valence-corrected chi connectivity index (χ4v) is 5.53. The lowest BCUT2D eigenvalue weighted by molar-refractivity contribution is -0.226. The van der Waals surface area contributed by atoms with Gasteiger partial charge in [0.25, 0.3) is 0 Å². The molecule has 0 aliphatic carbocycles. The number of likely N-dealkylation sites (tertiary alicyclic amines) is 2. The van der Waals surface area contributed by atoms with Crippen LogP contribution in [0, 0.1) is 5.92 Å². The second-order valence-electron chi connectivity index (χ2n) is 9.36. The molecule has 0 saturated carbocycles. The molecule has 0 N–H and O–H groups in total. The maximum Gasteiger partial charge on any atom is 0.311 e. The highest BCUT2D eigenvalue weighted by atomic mass is 16.7. The van der Waals surface area contributed by atoms with Crippen LogP contribution in [-0.4, -0.2) is 97.7 Å². The molecule has 190 valence electrons. The Labute approximate surface area is 205 Å². The molecule has 3 aliphatic rings. The molecule has 3 heterocycles. The molecular weight excluding hydrogens is 454 g/mol. The molecule has 3 fully saturated rings. The molecule has 10 nitrogen and oxygen atoms in total. The number of hydroxylamine groups is 2. The van der Waals surface area contributed by atoms with Gasteiger partial charge in [-0.2, -0.15) is 0 Å². The van der Waals surface area contributed by atoms with Gasteiger partial charge in [-0.25, -0.2) is 5.06 Å². The molecule has 1 aromatic carbocycles. The number of esters is 1. The fourth-order valence-electron chi connectivity index (χ4n) is 5.53. The second kappa shape index (κ2) is 10.7. The topological polar surface area (TPSA) is 106 Å². The monoisotopic (exact) mass is 487 g/mol. The molecule has 1 aromatic rings. The van der Waals surface area contributed by atoms with E-state index in [0.29, 0.717) is 45.5 Å². The summed E-state index contributed by atoms with van der Waals surface area (Å²) in [6.45, 7) is 1.75. The van der Waals surface area contributed by atoms with Crippen LogP contribution in [0.25, 0.3) is 0 Å². The Balaban J connectivity index is 1.39. The van der Waals surface area contributed by atoms with E-state index in [4.69, 9.17) is 14.3 Å². The van der Waals surface area contributed by atoms with Crippen LogP contribution < -0.4 is 0 Å². The molecular formula is C25H33N3O7. The van der Waals surface area contributed by atoms with Gasteiger partial charge in [-0.1, -0.05) is 30.3 Å². The van der Waals surface area contributed by atoms with Gasteiger partial charge in [-0.05, 0) is 18.4 Å². The molecule has 2 atom stereocenters. The van der Waals surface area contributed by atoms with E-state index in [0.717, 1.165) is 5.56 Å². The number of amides is 3. The SMILES string of the molecule is COCCON1C(=O)CC(C(=O)OC)C12CCN(C(=O)CN1CC(c3ccccc3)CC1=O)CC2. The maximum absolute atomic E-state index is 13.1. The van der Waals surface area contributed by atoms with Crippen LogP contribution in [0.2, 0.25) is 0 Å². The van der Waals surface area contributed by atoms with Gasteiger partial charge in [-0.15, -0.1) is 0 Å². The summed E-state index contributed by atoms with van der Waals surface area (Å²) >= 11 is 0. The highest BCUT2D eigenvalue weighted by molar-refractivity contribution is 5.89. The summed E-state index contributed by atoms with van der Waals surface area (Å²) in [5.41, 5.74) is 0.236. The van der Waals surface area contributed by atoms with E-state index in [1.54, 1.807) is 16.9 Å². The first-order valence-corrected chi connectivity index (χ1v) is 12.0. The first kappa shape index (κ1) is 25.1. The third-order valence-corrected chi connectivity index (χ3v) is 7.45. The molecule has 3 amide bonds. The minimum Gasteiger partial charge on any atom is -0.469 e. The van der Waals surface area contributed by atoms with Crippen molar-refractivity contribution in [2.45, 2.75) is 37.1 Å². The highest BCUT2D eigenvalue weighted by Crippen LogP contribution is 2.44. The van der Waals surface area contributed by atoms with Gasteiger partial charge in [0.1, 0.15) is 0 Å². The normalized spacial score (nSPS) is 23.9. The van der Waals surface area contributed by atoms with Crippen molar-refractivity contribution in [2.24, 2.45) is 5.92 Å². The summed E-state index contributed by atoms with van der Waals surface area (Å²) in [5.74, 6) is -1.45. The standard InChI is InChI=1S/C25H33N3O7/c1-33-12-13-35-28-22(30)15-20(24(32)34-2)25(28)8-10-26(11-9-25)23(31)17-27-16-19(14-21(27)29)18-6-4-3-5-7-18/h3-7,19-20H,8-17H2,1-2H3. The van der Waals surface area contributed by atoms with Crippen molar-refractivity contribution in [3.8, 4) is 0 Å². The molecule has 3 aliphatic heterocycles. The predicted octanol–water partition coefficient (Wildman–Crippen LogP) is 0.963. The zero-order valence-electron chi connectivity index (χ0n) is 20.3. The molecule has 35 heavy (non-hydrogen) atoms. The van der Waals surface area contributed by atoms with Crippen molar-refractivity contribution in [2.75, 3.05) is 53.6 Å². The minimum atomic E-state index is -0.865. The Kier molecular flexibility index (Phi) is 7.71. The van der Waals surface area contributed by atoms with Gasteiger partial charge in [0, 0.05) is 45.5 Å². The molecule has 0 radical (unpaired) electrons. The minimum absolute atomic E-state index is 0.0107. The number of methoxy groups -OCH3 is 2. The van der Waals surface area contributed by atoms with Crippen LogP contribution in [0.5, 0.6) is 0 Å². The molecule has 4 rings (SSSR count). The van der Waals surface area contributed by atoms with Crippen LogP contribution in [0.1, 0.15) is 37.2 Å². The number of rotatable bonds is 8. The first-order chi connectivity index (χ1) is 16.9. The number of hydrogen-bond donors (Lipinski definition) is 0. The number of benzene rings is 1. The molecule has 1 spiro atoms. The number of hydrogen-bond acceptors (Lipinski definition) is 7. The Morgan fingerprint density at radius 3 is 2.37 bits per heavy atom. The molecule has 0 bridgehead atoms. The van der Waals surface area contributed by atoms with Crippen LogP contribution in [-0.2, 0) is 33.5 Å². The Morgan fingerprint density at radius 1 is 1.00 bits per heavy atom. The molecule has 10 heteroatoms. The molecule has 0 aromatic heterocycles. The smallest absolute Gasteiger partial charge is 0.311 e. The third-order valence-electron chi connectivity index (χ3n) is 7.45. The van der Waals surface area contributed by atoms with E-state index in [-0.39, 0.29) is 43.2 Å². The zero-order chi connectivity index (χ0) is 25.0. The summed E-state index contributed by atoms with van der Waals surface area (Å²) in [4.78, 5) is 60.0. The highest BCUT2D eigenvalue weighted by Gasteiger charge is 2.58. The van der Waals surface area contributed by atoms with Gasteiger partial charge in [0.05, 0.1) is 38.3 Å². The number of ether oxygens (including phenoxy) is 2. The van der Waals surface area contributed by atoms with Gasteiger partial charge in [-0.3, -0.25) is 24.0 Å². The van der Waals surface area contributed by atoms with E-state index in [2.05, 4.69) is 0 Å². The average Bonchev–Trinajstić information content (AvgIpc) is 3.37. The number of carbonyl (C=O) groups is 4. The maximum atomic E-state index is 13.1. The van der Waals surface area contributed by atoms with Crippen LogP contribution in [0.3, 0.4) is 0 Å². The third kappa shape index (κ3) is 5.04. The zero-order valence-corrected chi connectivity index (χ0v) is 20.3. The summed E-state index contributed by atoms with van der Waals surface area (Å²) < 4.78 is 10.0. The van der Waals surface area contributed by atoms with E-state index < -0.39 is 17.4 Å². The van der Waals surface area contributed by atoms with Gasteiger partial charge < -0.3 is 19.3 Å². The molecule has 3 saturated heterocycles. The Hall–Kier alpha value is -2.98. The average molecular weight is 488 g/mol. The van der Waals surface area contributed by atoms with Crippen LogP contribution in [0.4, 0.5) is 0 Å². The Bertz CT molecular complexity index is 946. The summed E-state index contributed by atoms with van der Waals surface area (Å²) in [6, 6.07) is 9.86. The van der Waals surface area contributed by atoms with E-state index in [1.165, 1.54) is 12.2 Å². The number of nitrogens with zero attached hydrogens (tertiary/aromatic N) is 3. The van der Waals surface area contributed by atoms with E-state index in [9.17, 15) is 19.2 Å². The van der Waals surface area contributed by atoms with Crippen molar-refractivity contribution in [3.63, 3.8) is 0 Å². The summed E-state index contributed by atoms with van der Waals surface area (Å²) in [6.07, 6.45) is 1.18. The van der Waals surface area contributed by atoms with Gasteiger partial charge in [0.2, 0.25) is 17.7 Å². The van der Waals surface area contributed by atoms with Crippen molar-refractivity contribution < 1.29 is 33.5 Å². The molecule has 2 unspecified atom stereocenters.